The van der Waals surface area contributed by atoms with Gasteiger partial charge in [-0.25, -0.2) is 4.98 Å². The lowest BCUT2D eigenvalue weighted by Crippen LogP contribution is -2.28. The summed E-state index contributed by atoms with van der Waals surface area (Å²) in [5.74, 6) is 0.609. The lowest BCUT2D eigenvalue weighted by molar-refractivity contribution is -0.115. The first kappa shape index (κ1) is 21.9. The molecule has 7 heteroatoms. The minimum atomic E-state index is -0.431. The SMILES string of the molecule is CCOc1ccc(NC(=O)[C@@H](C)Sc2nc3ccccc3c(=O)n2[C@H](C)CC)cc1. The molecule has 0 aliphatic carbocycles. The van der Waals surface area contributed by atoms with Gasteiger partial charge < -0.3 is 10.1 Å². The summed E-state index contributed by atoms with van der Waals surface area (Å²) in [4.78, 5) is 30.5. The number of benzene rings is 2. The van der Waals surface area contributed by atoms with Gasteiger partial charge in [0.25, 0.3) is 5.56 Å². The third kappa shape index (κ3) is 4.84. The van der Waals surface area contributed by atoms with E-state index in [2.05, 4.69) is 5.32 Å². The minimum Gasteiger partial charge on any atom is -0.494 e. The summed E-state index contributed by atoms with van der Waals surface area (Å²) in [5.41, 5.74) is 1.27. The molecule has 0 unspecified atom stereocenters. The first-order valence-corrected chi connectivity index (χ1v) is 11.0. The molecule has 3 aromatic rings. The van der Waals surface area contributed by atoms with E-state index >= 15 is 0 Å². The van der Waals surface area contributed by atoms with Crippen molar-refractivity contribution in [2.45, 2.75) is 50.6 Å². The molecule has 2 atom stereocenters. The van der Waals surface area contributed by atoms with Crippen LogP contribution < -0.4 is 15.6 Å². The Kier molecular flexibility index (Phi) is 7.15. The molecule has 0 radical (unpaired) electrons. The lowest BCUT2D eigenvalue weighted by Gasteiger charge is -2.20. The van der Waals surface area contributed by atoms with E-state index in [9.17, 15) is 9.59 Å². The standard InChI is InChI=1S/C23H27N3O3S/c1-5-15(3)26-22(28)19-9-7-8-10-20(19)25-23(26)30-16(4)21(27)24-17-11-13-18(14-12-17)29-6-2/h7-16H,5-6H2,1-4H3,(H,24,27)/t15-,16-/m1/s1. The van der Waals surface area contributed by atoms with E-state index in [1.165, 1.54) is 11.8 Å². The van der Waals surface area contributed by atoms with Gasteiger partial charge in [0.05, 0.1) is 22.8 Å². The summed E-state index contributed by atoms with van der Waals surface area (Å²) in [6, 6.07) is 14.6. The van der Waals surface area contributed by atoms with Gasteiger partial charge in [0, 0.05) is 11.7 Å². The van der Waals surface area contributed by atoms with E-state index in [-0.39, 0.29) is 17.5 Å². The van der Waals surface area contributed by atoms with Crippen LogP contribution in [-0.2, 0) is 4.79 Å². The maximum absolute atomic E-state index is 13.1. The van der Waals surface area contributed by atoms with Crippen molar-refractivity contribution in [2.24, 2.45) is 0 Å². The number of carbonyl (C=O) groups excluding carboxylic acids is 1. The second kappa shape index (κ2) is 9.80. The number of thioether (sulfide) groups is 1. The van der Waals surface area contributed by atoms with E-state index in [1.807, 2.05) is 70.2 Å². The Morgan fingerprint density at radius 1 is 1.13 bits per heavy atom. The molecule has 1 amide bonds. The van der Waals surface area contributed by atoms with Crippen LogP contribution in [0.3, 0.4) is 0 Å². The van der Waals surface area contributed by atoms with Crippen LogP contribution >= 0.6 is 11.8 Å². The van der Waals surface area contributed by atoms with Crippen LogP contribution in [0.25, 0.3) is 10.9 Å². The molecule has 0 bridgehead atoms. The van der Waals surface area contributed by atoms with Crippen LogP contribution in [0.1, 0.15) is 40.2 Å². The van der Waals surface area contributed by atoms with Crippen molar-refractivity contribution in [3.63, 3.8) is 0 Å². The summed E-state index contributed by atoms with van der Waals surface area (Å²) >= 11 is 1.30. The highest BCUT2D eigenvalue weighted by Crippen LogP contribution is 2.27. The Morgan fingerprint density at radius 2 is 1.83 bits per heavy atom. The molecule has 0 saturated heterocycles. The summed E-state index contributed by atoms with van der Waals surface area (Å²) in [7, 11) is 0. The molecule has 0 aliphatic rings. The number of hydrogen-bond donors (Lipinski definition) is 1. The van der Waals surface area contributed by atoms with Gasteiger partial charge in [-0.05, 0) is 63.6 Å². The van der Waals surface area contributed by atoms with Gasteiger partial charge in [-0.3, -0.25) is 14.2 Å². The Balaban J connectivity index is 1.83. The number of amides is 1. The molecular formula is C23H27N3O3S. The number of anilines is 1. The number of nitrogens with zero attached hydrogens (tertiary/aromatic N) is 2. The third-order valence-corrected chi connectivity index (χ3v) is 5.96. The molecule has 2 aromatic carbocycles. The largest absolute Gasteiger partial charge is 0.494 e. The second-order valence-electron chi connectivity index (χ2n) is 7.05. The first-order valence-electron chi connectivity index (χ1n) is 10.2. The minimum absolute atomic E-state index is 0.0153. The Morgan fingerprint density at radius 3 is 2.50 bits per heavy atom. The van der Waals surface area contributed by atoms with Gasteiger partial charge in [0.2, 0.25) is 5.91 Å². The van der Waals surface area contributed by atoms with E-state index < -0.39 is 5.25 Å². The maximum Gasteiger partial charge on any atom is 0.262 e. The Labute approximate surface area is 180 Å². The fourth-order valence-corrected chi connectivity index (χ4v) is 4.05. The lowest BCUT2D eigenvalue weighted by atomic mass is 10.2. The van der Waals surface area contributed by atoms with Crippen LogP contribution in [0.15, 0.2) is 58.5 Å². The van der Waals surface area contributed by atoms with E-state index in [4.69, 9.17) is 9.72 Å². The van der Waals surface area contributed by atoms with E-state index in [0.29, 0.717) is 28.4 Å². The molecule has 1 N–H and O–H groups in total. The van der Waals surface area contributed by atoms with E-state index in [0.717, 1.165) is 12.2 Å². The highest BCUT2D eigenvalue weighted by molar-refractivity contribution is 8.00. The summed E-state index contributed by atoms with van der Waals surface area (Å²) in [5, 5.41) is 3.63. The normalized spacial score (nSPS) is 13.1. The highest BCUT2D eigenvalue weighted by atomic mass is 32.2. The van der Waals surface area contributed by atoms with Gasteiger partial charge in [-0.2, -0.15) is 0 Å². The molecule has 1 heterocycles. The molecule has 0 saturated carbocycles. The summed E-state index contributed by atoms with van der Waals surface area (Å²) in [6.07, 6.45) is 0.792. The number of fused-ring (bicyclic) bond motifs is 1. The molecule has 6 nitrogen and oxygen atoms in total. The number of ether oxygens (including phenoxy) is 1. The second-order valence-corrected chi connectivity index (χ2v) is 8.36. The molecule has 3 rings (SSSR count). The average molecular weight is 426 g/mol. The molecule has 0 fully saturated rings. The van der Waals surface area contributed by atoms with Crippen molar-refractivity contribution in [3.05, 3.63) is 58.9 Å². The molecule has 1 aromatic heterocycles. The van der Waals surface area contributed by atoms with Crippen molar-refractivity contribution in [1.82, 2.24) is 9.55 Å². The number of carbonyl (C=O) groups is 1. The third-order valence-electron chi connectivity index (χ3n) is 4.89. The monoisotopic (exact) mass is 425 g/mol. The molecular weight excluding hydrogens is 398 g/mol. The number of nitrogens with one attached hydrogen (secondary N) is 1. The van der Waals surface area contributed by atoms with Crippen LogP contribution in [0.5, 0.6) is 5.75 Å². The first-order chi connectivity index (χ1) is 14.4. The van der Waals surface area contributed by atoms with Crippen molar-refractivity contribution in [1.29, 1.82) is 0 Å². The van der Waals surface area contributed by atoms with Crippen LogP contribution in [0.4, 0.5) is 5.69 Å². The highest BCUT2D eigenvalue weighted by Gasteiger charge is 2.21. The molecule has 158 valence electrons. The number of rotatable bonds is 8. The van der Waals surface area contributed by atoms with Gasteiger partial charge in [0.1, 0.15) is 5.75 Å². The van der Waals surface area contributed by atoms with E-state index in [1.54, 1.807) is 10.6 Å². The zero-order chi connectivity index (χ0) is 21.7. The fraction of sp³-hybridized carbons (Fsp3) is 0.348. The van der Waals surface area contributed by atoms with Crippen LogP contribution in [0.2, 0.25) is 0 Å². The van der Waals surface area contributed by atoms with Crippen LogP contribution in [-0.4, -0.2) is 27.3 Å². The van der Waals surface area contributed by atoms with Crippen molar-refractivity contribution < 1.29 is 9.53 Å². The van der Waals surface area contributed by atoms with Crippen molar-refractivity contribution >= 4 is 34.3 Å². The zero-order valence-corrected chi connectivity index (χ0v) is 18.5. The average Bonchev–Trinajstić information content (AvgIpc) is 2.75. The number of hydrogen-bond acceptors (Lipinski definition) is 5. The van der Waals surface area contributed by atoms with Gasteiger partial charge in [-0.1, -0.05) is 30.8 Å². The molecule has 0 spiro atoms. The van der Waals surface area contributed by atoms with Gasteiger partial charge in [-0.15, -0.1) is 0 Å². The number of aromatic nitrogens is 2. The maximum atomic E-state index is 13.1. The fourth-order valence-electron chi connectivity index (χ4n) is 3.04. The molecule has 0 aliphatic heterocycles. The predicted molar refractivity (Wildman–Crippen MR) is 123 cm³/mol. The zero-order valence-electron chi connectivity index (χ0n) is 17.7. The Hall–Kier alpha value is -2.80. The quantitative estimate of drug-likeness (QED) is 0.411. The van der Waals surface area contributed by atoms with Crippen molar-refractivity contribution in [2.75, 3.05) is 11.9 Å². The van der Waals surface area contributed by atoms with Gasteiger partial charge in [0.15, 0.2) is 5.16 Å². The Bertz CT molecular complexity index is 1080. The topological polar surface area (TPSA) is 73.2 Å². The predicted octanol–water partition coefficient (Wildman–Crippen LogP) is 4.89. The summed E-state index contributed by atoms with van der Waals surface area (Å²) in [6.45, 7) is 8.36. The smallest absolute Gasteiger partial charge is 0.262 e. The van der Waals surface area contributed by atoms with Crippen LogP contribution in [0, 0.1) is 0 Å². The van der Waals surface area contributed by atoms with Gasteiger partial charge >= 0.3 is 0 Å². The molecule has 30 heavy (non-hydrogen) atoms. The summed E-state index contributed by atoms with van der Waals surface area (Å²) < 4.78 is 7.13. The number of para-hydroxylation sites is 1. The van der Waals surface area contributed by atoms with Crippen molar-refractivity contribution in [3.8, 4) is 5.75 Å².